The molecule has 0 spiro atoms. The standard InChI is InChI=1S/C13H18N2O2.ClH/c1-9(10-4-2-5-11(16)8-10)15-13(17)12-6-3-7-14-12;/h2,4-5,8-9,12,14,16H,3,6-7H2,1H3,(H,15,17);1H. The molecule has 1 amide bonds. The van der Waals surface area contributed by atoms with Gasteiger partial charge in [0.25, 0.3) is 0 Å². The Balaban J connectivity index is 0.00000162. The van der Waals surface area contributed by atoms with Gasteiger partial charge >= 0.3 is 0 Å². The third kappa shape index (κ3) is 3.62. The summed E-state index contributed by atoms with van der Waals surface area (Å²) in [5, 5.41) is 15.5. The number of nitrogens with one attached hydrogen (secondary N) is 2. The fraction of sp³-hybridized carbons (Fsp3) is 0.462. The van der Waals surface area contributed by atoms with Gasteiger partial charge in [0.2, 0.25) is 5.91 Å². The number of hydrogen-bond donors (Lipinski definition) is 3. The summed E-state index contributed by atoms with van der Waals surface area (Å²) in [5.74, 6) is 0.265. The fourth-order valence-electron chi connectivity index (χ4n) is 2.10. The molecule has 2 unspecified atom stereocenters. The van der Waals surface area contributed by atoms with E-state index in [0.29, 0.717) is 0 Å². The summed E-state index contributed by atoms with van der Waals surface area (Å²) in [4.78, 5) is 11.9. The Morgan fingerprint density at radius 3 is 2.94 bits per heavy atom. The van der Waals surface area contributed by atoms with Crippen molar-refractivity contribution in [3.05, 3.63) is 29.8 Å². The summed E-state index contributed by atoms with van der Waals surface area (Å²) in [6, 6.07) is 6.82. The van der Waals surface area contributed by atoms with Crippen molar-refractivity contribution in [1.82, 2.24) is 10.6 Å². The van der Waals surface area contributed by atoms with Gasteiger partial charge in [-0.25, -0.2) is 0 Å². The quantitative estimate of drug-likeness (QED) is 0.784. The van der Waals surface area contributed by atoms with Gasteiger partial charge in [-0.1, -0.05) is 12.1 Å². The molecular weight excluding hydrogens is 252 g/mol. The molecule has 1 aliphatic heterocycles. The Morgan fingerprint density at radius 1 is 1.56 bits per heavy atom. The Labute approximate surface area is 113 Å². The van der Waals surface area contributed by atoms with Crippen LogP contribution in [0.3, 0.4) is 0 Å². The largest absolute Gasteiger partial charge is 0.508 e. The molecule has 3 N–H and O–H groups in total. The van der Waals surface area contributed by atoms with Crippen LogP contribution in [0.1, 0.15) is 31.4 Å². The van der Waals surface area contributed by atoms with Crippen molar-refractivity contribution < 1.29 is 9.90 Å². The number of aromatic hydroxyl groups is 1. The monoisotopic (exact) mass is 270 g/mol. The lowest BCUT2D eigenvalue weighted by Gasteiger charge is -2.17. The summed E-state index contributed by atoms with van der Waals surface area (Å²) in [7, 11) is 0. The molecule has 18 heavy (non-hydrogen) atoms. The van der Waals surface area contributed by atoms with Crippen LogP contribution in [-0.4, -0.2) is 23.6 Å². The van der Waals surface area contributed by atoms with E-state index < -0.39 is 0 Å². The van der Waals surface area contributed by atoms with Crippen LogP contribution in [0.5, 0.6) is 5.75 Å². The number of hydrogen-bond acceptors (Lipinski definition) is 3. The minimum Gasteiger partial charge on any atom is -0.508 e. The lowest BCUT2D eigenvalue weighted by atomic mass is 10.1. The second kappa shape index (κ2) is 6.61. The van der Waals surface area contributed by atoms with Gasteiger partial charge < -0.3 is 15.7 Å². The van der Waals surface area contributed by atoms with Gasteiger partial charge in [-0.15, -0.1) is 12.4 Å². The number of halogens is 1. The number of rotatable bonds is 3. The molecule has 1 aromatic rings. The number of amides is 1. The van der Waals surface area contributed by atoms with Crippen molar-refractivity contribution in [3.63, 3.8) is 0 Å². The summed E-state index contributed by atoms with van der Waals surface area (Å²) in [5.41, 5.74) is 0.913. The van der Waals surface area contributed by atoms with Gasteiger partial charge in [0.1, 0.15) is 5.75 Å². The zero-order valence-electron chi connectivity index (χ0n) is 10.3. The second-order valence-corrected chi connectivity index (χ2v) is 4.47. The van der Waals surface area contributed by atoms with Crippen molar-refractivity contribution in [1.29, 1.82) is 0 Å². The normalized spacial score (nSPS) is 19.9. The van der Waals surface area contributed by atoms with E-state index in [1.54, 1.807) is 18.2 Å². The van der Waals surface area contributed by atoms with Crippen molar-refractivity contribution >= 4 is 18.3 Å². The average Bonchev–Trinajstić information content (AvgIpc) is 2.82. The maximum atomic E-state index is 11.9. The highest BCUT2D eigenvalue weighted by atomic mass is 35.5. The van der Waals surface area contributed by atoms with E-state index >= 15 is 0 Å². The molecule has 1 fully saturated rings. The van der Waals surface area contributed by atoms with Gasteiger partial charge in [-0.3, -0.25) is 4.79 Å². The molecule has 5 heteroatoms. The Morgan fingerprint density at radius 2 is 2.33 bits per heavy atom. The Kier molecular flexibility index (Phi) is 5.44. The van der Waals surface area contributed by atoms with Crippen LogP contribution in [0.15, 0.2) is 24.3 Å². The molecule has 1 heterocycles. The molecule has 0 aromatic heterocycles. The van der Waals surface area contributed by atoms with Gasteiger partial charge in [0, 0.05) is 0 Å². The molecule has 4 nitrogen and oxygen atoms in total. The smallest absolute Gasteiger partial charge is 0.237 e. The molecule has 1 saturated heterocycles. The first-order valence-corrected chi connectivity index (χ1v) is 5.99. The summed E-state index contributed by atoms with van der Waals surface area (Å²) >= 11 is 0. The zero-order valence-corrected chi connectivity index (χ0v) is 11.2. The van der Waals surface area contributed by atoms with E-state index in [0.717, 1.165) is 24.9 Å². The van der Waals surface area contributed by atoms with E-state index in [1.807, 2.05) is 13.0 Å². The van der Waals surface area contributed by atoms with Crippen LogP contribution in [-0.2, 0) is 4.79 Å². The number of phenols is 1. The van der Waals surface area contributed by atoms with Gasteiger partial charge in [0.05, 0.1) is 12.1 Å². The van der Waals surface area contributed by atoms with E-state index in [4.69, 9.17) is 0 Å². The zero-order chi connectivity index (χ0) is 12.3. The molecule has 0 bridgehead atoms. The molecule has 1 aromatic carbocycles. The van der Waals surface area contributed by atoms with E-state index in [9.17, 15) is 9.90 Å². The minimum atomic E-state index is -0.0861. The summed E-state index contributed by atoms with van der Waals surface area (Å²) < 4.78 is 0. The van der Waals surface area contributed by atoms with Crippen molar-refractivity contribution in [2.24, 2.45) is 0 Å². The van der Waals surface area contributed by atoms with E-state index in [-0.39, 0.29) is 36.1 Å². The van der Waals surface area contributed by atoms with Gasteiger partial charge in [0.15, 0.2) is 0 Å². The fourth-order valence-corrected chi connectivity index (χ4v) is 2.10. The average molecular weight is 271 g/mol. The third-order valence-electron chi connectivity index (χ3n) is 3.11. The SMILES string of the molecule is CC(NC(=O)C1CCCN1)c1cccc(O)c1.Cl. The highest BCUT2D eigenvalue weighted by molar-refractivity contribution is 5.85. The van der Waals surface area contributed by atoms with Crippen LogP contribution >= 0.6 is 12.4 Å². The molecule has 0 aliphatic carbocycles. The number of benzene rings is 1. The number of carbonyl (C=O) groups is 1. The summed E-state index contributed by atoms with van der Waals surface area (Å²) in [6.45, 7) is 2.83. The van der Waals surface area contributed by atoms with Crippen molar-refractivity contribution in [2.45, 2.75) is 31.8 Å². The van der Waals surface area contributed by atoms with Crippen molar-refractivity contribution in [3.8, 4) is 5.75 Å². The number of carbonyl (C=O) groups excluding carboxylic acids is 1. The maximum Gasteiger partial charge on any atom is 0.237 e. The van der Waals surface area contributed by atoms with Crippen LogP contribution in [0.2, 0.25) is 0 Å². The molecule has 100 valence electrons. The maximum absolute atomic E-state index is 11.9. The Hall–Kier alpha value is -1.26. The highest BCUT2D eigenvalue weighted by Crippen LogP contribution is 2.18. The molecule has 0 radical (unpaired) electrons. The van der Waals surface area contributed by atoms with Gasteiger partial charge in [-0.05, 0) is 44.0 Å². The first kappa shape index (κ1) is 14.8. The second-order valence-electron chi connectivity index (χ2n) is 4.47. The predicted molar refractivity (Wildman–Crippen MR) is 72.9 cm³/mol. The first-order chi connectivity index (χ1) is 8.16. The lowest BCUT2D eigenvalue weighted by Crippen LogP contribution is -2.41. The molecular formula is C13H19ClN2O2. The molecule has 2 atom stereocenters. The predicted octanol–water partition coefficient (Wildman–Crippen LogP) is 1.74. The minimum absolute atomic E-state index is 0. The van der Waals surface area contributed by atoms with E-state index in [1.165, 1.54) is 0 Å². The van der Waals surface area contributed by atoms with Crippen LogP contribution in [0.25, 0.3) is 0 Å². The van der Waals surface area contributed by atoms with Crippen molar-refractivity contribution in [2.75, 3.05) is 6.54 Å². The van der Waals surface area contributed by atoms with Crippen LogP contribution in [0, 0.1) is 0 Å². The third-order valence-corrected chi connectivity index (χ3v) is 3.11. The van der Waals surface area contributed by atoms with E-state index in [2.05, 4.69) is 10.6 Å². The summed E-state index contributed by atoms with van der Waals surface area (Å²) in [6.07, 6.45) is 1.96. The lowest BCUT2D eigenvalue weighted by molar-refractivity contribution is -0.123. The topological polar surface area (TPSA) is 61.4 Å². The molecule has 1 aliphatic rings. The highest BCUT2D eigenvalue weighted by Gasteiger charge is 2.23. The first-order valence-electron chi connectivity index (χ1n) is 5.99. The van der Waals surface area contributed by atoms with Gasteiger partial charge in [-0.2, -0.15) is 0 Å². The molecule has 0 saturated carbocycles. The van der Waals surface area contributed by atoms with Crippen LogP contribution in [0.4, 0.5) is 0 Å². The molecule has 2 rings (SSSR count). The van der Waals surface area contributed by atoms with Crippen LogP contribution < -0.4 is 10.6 Å². The number of phenolic OH excluding ortho intramolecular Hbond substituents is 1. The Bertz CT molecular complexity index is 406.